The minimum Gasteiger partial charge on any atom is -0.490 e. The van der Waals surface area contributed by atoms with E-state index in [1.54, 1.807) is 0 Å². The summed E-state index contributed by atoms with van der Waals surface area (Å²) in [6.45, 7) is 10.7. The highest BCUT2D eigenvalue weighted by molar-refractivity contribution is 5.52. The van der Waals surface area contributed by atoms with Gasteiger partial charge in [-0.25, -0.2) is 4.98 Å². The Morgan fingerprint density at radius 2 is 2.33 bits per heavy atom. The standard InChI is InChI=1S/C17H29N3O/c1-4-11-21-16-8-6-10-19-17(16)20(14(2)3)13-15-7-5-9-18-12-15/h6,8,10,14-15,18H,4-5,7,9,11-13H2,1-3H3. The van der Waals surface area contributed by atoms with Crippen LogP contribution in [-0.2, 0) is 0 Å². The number of anilines is 1. The molecule has 0 radical (unpaired) electrons. The van der Waals surface area contributed by atoms with Gasteiger partial charge >= 0.3 is 0 Å². The van der Waals surface area contributed by atoms with E-state index < -0.39 is 0 Å². The third-order valence-corrected chi connectivity index (χ3v) is 3.96. The summed E-state index contributed by atoms with van der Waals surface area (Å²) in [5, 5.41) is 3.50. The molecule has 4 nitrogen and oxygen atoms in total. The minimum absolute atomic E-state index is 0.422. The van der Waals surface area contributed by atoms with Crippen molar-refractivity contribution in [2.24, 2.45) is 5.92 Å². The maximum absolute atomic E-state index is 5.89. The number of piperidine rings is 1. The van der Waals surface area contributed by atoms with E-state index in [0.29, 0.717) is 12.0 Å². The smallest absolute Gasteiger partial charge is 0.171 e. The van der Waals surface area contributed by atoms with Crippen LogP contribution in [0.15, 0.2) is 18.3 Å². The fourth-order valence-corrected chi connectivity index (χ4v) is 2.82. The van der Waals surface area contributed by atoms with Crippen LogP contribution >= 0.6 is 0 Å². The molecule has 21 heavy (non-hydrogen) atoms. The van der Waals surface area contributed by atoms with Gasteiger partial charge in [0, 0.05) is 18.8 Å². The highest BCUT2D eigenvalue weighted by Crippen LogP contribution is 2.28. The van der Waals surface area contributed by atoms with Crippen LogP contribution in [0.3, 0.4) is 0 Å². The van der Waals surface area contributed by atoms with Gasteiger partial charge in [0.25, 0.3) is 0 Å². The highest BCUT2D eigenvalue weighted by atomic mass is 16.5. The summed E-state index contributed by atoms with van der Waals surface area (Å²) < 4.78 is 5.89. The van der Waals surface area contributed by atoms with E-state index in [1.807, 2.05) is 18.3 Å². The summed E-state index contributed by atoms with van der Waals surface area (Å²) >= 11 is 0. The molecule has 0 saturated carbocycles. The molecule has 1 N–H and O–H groups in total. The molecule has 1 saturated heterocycles. The van der Waals surface area contributed by atoms with Gasteiger partial charge < -0.3 is 15.0 Å². The molecule has 1 aliphatic heterocycles. The Morgan fingerprint density at radius 1 is 1.48 bits per heavy atom. The van der Waals surface area contributed by atoms with Crippen molar-refractivity contribution in [2.45, 2.75) is 46.1 Å². The van der Waals surface area contributed by atoms with Crippen molar-refractivity contribution in [1.29, 1.82) is 0 Å². The van der Waals surface area contributed by atoms with Gasteiger partial charge in [-0.15, -0.1) is 0 Å². The molecule has 4 heteroatoms. The number of nitrogens with zero attached hydrogens (tertiary/aromatic N) is 2. The van der Waals surface area contributed by atoms with Crippen molar-refractivity contribution in [1.82, 2.24) is 10.3 Å². The monoisotopic (exact) mass is 291 g/mol. The summed E-state index contributed by atoms with van der Waals surface area (Å²) in [6, 6.07) is 4.41. The molecule has 0 aromatic carbocycles. The first-order valence-electron chi connectivity index (χ1n) is 8.27. The van der Waals surface area contributed by atoms with Crippen molar-refractivity contribution >= 4 is 5.82 Å². The van der Waals surface area contributed by atoms with Gasteiger partial charge in [0.2, 0.25) is 0 Å². The van der Waals surface area contributed by atoms with Gasteiger partial charge in [-0.3, -0.25) is 0 Å². The van der Waals surface area contributed by atoms with Crippen LogP contribution in [-0.4, -0.2) is 37.3 Å². The first kappa shape index (κ1) is 16.1. The molecule has 1 aromatic rings. The molecule has 1 fully saturated rings. The number of pyridine rings is 1. The van der Waals surface area contributed by atoms with Crippen LogP contribution in [0.25, 0.3) is 0 Å². The maximum Gasteiger partial charge on any atom is 0.171 e. The molecule has 2 heterocycles. The zero-order valence-corrected chi connectivity index (χ0v) is 13.6. The third-order valence-electron chi connectivity index (χ3n) is 3.96. The second-order valence-corrected chi connectivity index (χ2v) is 6.13. The second-order valence-electron chi connectivity index (χ2n) is 6.13. The third kappa shape index (κ3) is 4.60. The lowest BCUT2D eigenvalue weighted by atomic mass is 9.98. The van der Waals surface area contributed by atoms with Crippen molar-refractivity contribution in [3.05, 3.63) is 18.3 Å². The Morgan fingerprint density at radius 3 is 3.00 bits per heavy atom. The lowest BCUT2D eigenvalue weighted by Gasteiger charge is -2.34. The van der Waals surface area contributed by atoms with Crippen molar-refractivity contribution in [3.63, 3.8) is 0 Å². The Hall–Kier alpha value is -1.29. The van der Waals surface area contributed by atoms with Crippen LogP contribution in [0.2, 0.25) is 0 Å². The molecule has 0 bridgehead atoms. The van der Waals surface area contributed by atoms with Crippen LogP contribution in [0, 0.1) is 5.92 Å². The number of nitrogens with one attached hydrogen (secondary N) is 1. The molecule has 2 rings (SSSR count). The van der Waals surface area contributed by atoms with E-state index in [-0.39, 0.29) is 0 Å². The summed E-state index contributed by atoms with van der Waals surface area (Å²) in [5.41, 5.74) is 0. The molecule has 0 amide bonds. The molecule has 1 atom stereocenters. The average molecular weight is 291 g/mol. The van der Waals surface area contributed by atoms with E-state index >= 15 is 0 Å². The van der Waals surface area contributed by atoms with E-state index in [9.17, 15) is 0 Å². The van der Waals surface area contributed by atoms with E-state index in [0.717, 1.165) is 44.2 Å². The Kier molecular flexibility index (Phi) is 6.30. The van der Waals surface area contributed by atoms with E-state index in [2.05, 4.69) is 36.0 Å². The SMILES string of the molecule is CCCOc1cccnc1N(CC1CCCNC1)C(C)C. The number of hydrogen-bond acceptors (Lipinski definition) is 4. The van der Waals surface area contributed by atoms with Crippen molar-refractivity contribution in [2.75, 3.05) is 31.1 Å². The first-order valence-corrected chi connectivity index (χ1v) is 8.27. The lowest BCUT2D eigenvalue weighted by molar-refractivity contribution is 0.313. The van der Waals surface area contributed by atoms with Gasteiger partial charge in [0.05, 0.1) is 6.61 Å². The normalized spacial score (nSPS) is 18.8. The number of aromatic nitrogens is 1. The molecule has 0 spiro atoms. The van der Waals surface area contributed by atoms with Gasteiger partial charge in [0.15, 0.2) is 11.6 Å². The largest absolute Gasteiger partial charge is 0.490 e. The van der Waals surface area contributed by atoms with Crippen molar-refractivity contribution in [3.8, 4) is 5.75 Å². The summed E-state index contributed by atoms with van der Waals surface area (Å²) in [6.07, 6.45) is 5.46. The van der Waals surface area contributed by atoms with Crippen LogP contribution in [0.4, 0.5) is 5.82 Å². The summed E-state index contributed by atoms with van der Waals surface area (Å²) in [5.74, 6) is 2.60. The van der Waals surface area contributed by atoms with Gasteiger partial charge in [-0.05, 0) is 64.3 Å². The fraction of sp³-hybridized carbons (Fsp3) is 0.706. The zero-order valence-electron chi connectivity index (χ0n) is 13.6. The topological polar surface area (TPSA) is 37.4 Å². The predicted molar refractivity (Wildman–Crippen MR) is 88.1 cm³/mol. The molecular weight excluding hydrogens is 262 g/mol. The summed E-state index contributed by atoms with van der Waals surface area (Å²) in [4.78, 5) is 6.99. The van der Waals surface area contributed by atoms with Crippen LogP contribution in [0.5, 0.6) is 5.75 Å². The minimum atomic E-state index is 0.422. The average Bonchev–Trinajstić information content (AvgIpc) is 2.52. The van der Waals surface area contributed by atoms with Crippen molar-refractivity contribution < 1.29 is 4.74 Å². The lowest BCUT2D eigenvalue weighted by Crippen LogP contribution is -2.41. The number of ether oxygens (including phenoxy) is 1. The van der Waals surface area contributed by atoms with E-state index in [1.165, 1.54) is 12.8 Å². The van der Waals surface area contributed by atoms with Gasteiger partial charge in [0.1, 0.15) is 0 Å². The Labute approximate surface area is 128 Å². The quantitative estimate of drug-likeness (QED) is 0.837. The van der Waals surface area contributed by atoms with Gasteiger partial charge in [-0.2, -0.15) is 0 Å². The Bertz CT molecular complexity index is 416. The molecule has 1 aromatic heterocycles. The fourth-order valence-electron chi connectivity index (χ4n) is 2.82. The van der Waals surface area contributed by atoms with Gasteiger partial charge in [-0.1, -0.05) is 6.92 Å². The molecular formula is C17H29N3O. The highest BCUT2D eigenvalue weighted by Gasteiger charge is 2.22. The first-order chi connectivity index (χ1) is 10.2. The molecule has 1 aliphatic rings. The summed E-state index contributed by atoms with van der Waals surface area (Å²) in [7, 11) is 0. The predicted octanol–water partition coefficient (Wildman–Crippen LogP) is 3.08. The second kappa shape index (κ2) is 8.23. The van der Waals surface area contributed by atoms with E-state index in [4.69, 9.17) is 4.74 Å². The number of hydrogen-bond donors (Lipinski definition) is 1. The molecule has 1 unspecified atom stereocenters. The van der Waals surface area contributed by atoms with Crippen LogP contribution < -0.4 is 15.0 Å². The molecule has 0 aliphatic carbocycles. The zero-order chi connectivity index (χ0) is 15.1. The number of rotatable bonds is 7. The van der Waals surface area contributed by atoms with Crippen LogP contribution in [0.1, 0.15) is 40.0 Å². The maximum atomic E-state index is 5.89. The Balaban J connectivity index is 2.13. The molecule has 118 valence electrons.